The van der Waals surface area contributed by atoms with Crippen LogP contribution < -0.4 is 15.4 Å². The van der Waals surface area contributed by atoms with E-state index in [1.54, 1.807) is 28.9 Å². The molecule has 0 aliphatic carbocycles. The molecule has 4 aromatic rings. The number of carbonyl (C=O) groups excluding carboxylic acids is 2. The maximum Gasteiger partial charge on any atom is 0.251 e. The average molecular weight is 485 g/mol. The zero-order chi connectivity index (χ0) is 25.4. The van der Waals surface area contributed by atoms with E-state index < -0.39 is 29.6 Å². The van der Waals surface area contributed by atoms with Gasteiger partial charge in [-0.3, -0.25) is 9.59 Å². The van der Waals surface area contributed by atoms with E-state index in [0.717, 1.165) is 11.3 Å². The molecule has 1 aromatic heterocycles. The van der Waals surface area contributed by atoms with Crippen LogP contribution in [0.25, 0.3) is 5.69 Å². The molecule has 36 heavy (non-hydrogen) atoms. The fourth-order valence-corrected chi connectivity index (χ4v) is 4.70. The molecule has 2 heterocycles. The largest absolute Gasteiger partial charge is 0.494 e. The molecule has 3 aromatic carbocycles. The lowest BCUT2D eigenvalue weighted by atomic mass is 9.81. The van der Waals surface area contributed by atoms with Crippen LogP contribution >= 0.6 is 0 Å². The number of hydrogen-bond donors (Lipinski definition) is 2. The van der Waals surface area contributed by atoms with Gasteiger partial charge < -0.3 is 15.4 Å². The number of methoxy groups -OCH3 is 1. The van der Waals surface area contributed by atoms with Crippen molar-refractivity contribution in [2.75, 3.05) is 12.4 Å². The molecule has 0 bridgehead atoms. The van der Waals surface area contributed by atoms with E-state index in [2.05, 4.69) is 15.7 Å². The Labute approximate surface area is 207 Å². The number of benzene rings is 3. The van der Waals surface area contributed by atoms with Crippen LogP contribution in [0.4, 0.5) is 10.2 Å². The molecule has 2 atom stereocenters. The van der Waals surface area contributed by atoms with Crippen molar-refractivity contribution in [1.82, 2.24) is 15.1 Å². The minimum absolute atomic E-state index is 0.0938. The second-order valence-electron chi connectivity index (χ2n) is 8.78. The Morgan fingerprint density at radius 1 is 1.06 bits per heavy atom. The summed E-state index contributed by atoms with van der Waals surface area (Å²) >= 11 is 0. The van der Waals surface area contributed by atoms with Gasteiger partial charge in [-0.25, -0.2) is 9.07 Å². The first-order valence-electron chi connectivity index (χ1n) is 11.5. The Morgan fingerprint density at radius 2 is 1.83 bits per heavy atom. The van der Waals surface area contributed by atoms with Crippen LogP contribution in [0.2, 0.25) is 0 Å². The fraction of sp³-hybridized carbons (Fsp3) is 0.179. The molecule has 7 nitrogen and oxygen atoms in total. The Morgan fingerprint density at radius 3 is 2.53 bits per heavy atom. The van der Waals surface area contributed by atoms with E-state index in [-0.39, 0.29) is 5.75 Å². The number of fused-ring (bicyclic) bond motifs is 1. The minimum Gasteiger partial charge on any atom is -0.494 e. The lowest BCUT2D eigenvalue weighted by Crippen LogP contribution is -2.50. The lowest BCUT2D eigenvalue weighted by molar-refractivity contribution is -0.118. The Hall–Kier alpha value is -4.46. The molecule has 0 unspecified atom stereocenters. The smallest absolute Gasteiger partial charge is 0.251 e. The van der Waals surface area contributed by atoms with Crippen molar-refractivity contribution < 1.29 is 18.7 Å². The monoisotopic (exact) mass is 484 g/mol. The number of nitrogens with zero attached hydrogens (tertiary/aromatic N) is 2. The van der Waals surface area contributed by atoms with Gasteiger partial charge in [0.05, 0.1) is 18.5 Å². The van der Waals surface area contributed by atoms with Gasteiger partial charge in [0.1, 0.15) is 11.9 Å². The second-order valence-corrected chi connectivity index (χ2v) is 8.78. The van der Waals surface area contributed by atoms with Crippen LogP contribution in [0.15, 0.2) is 72.8 Å². The first-order valence-corrected chi connectivity index (χ1v) is 11.5. The molecule has 2 N–H and O–H groups in total. The first-order chi connectivity index (χ1) is 17.4. The minimum atomic E-state index is -0.995. The number of anilines is 1. The Balaban J connectivity index is 1.64. The molecular formula is C28H25FN4O3. The number of para-hydroxylation sites is 1. The molecule has 0 saturated heterocycles. The molecule has 1 aliphatic rings. The van der Waals surface area contributed by atoms with E-state index in [0.29, 0.717) is 28.2 Å². The van der Waals surface area contributed by atoms with Gasteiger partial charge in [-0.05, 0) is 55.8 Å². The highest BCUT2D eigenvalue weighted by molar-refractivity contribution is 6.04. The molecule has 0 radical (unpaired) electrons. The van der Waals surface area contributed by atoms with Crippen LogP contribution in [-0.2, 0) is 4.79 Å². The third kappa shape index (κ3) is 4.11. The summed E-state index contributed by atoms with van der Waals surface area (Å²) < 4.78 is 21.6. The van der Waals surface area contributed by atoms with Crippen LogP contribution in [-0.4, -0.2) is 34.7 Å². The summed E-state index contributed by atoms with van der Waals surface area (Å²) in [4.78, 5) is 26.7. The molecular weight excluding hydrogens is 459 g/mol. The molecule has 2 amide bonds. The van der Waals surface area contributed by atoms with Crippen molar-refractivity contribution in [2.45, 2.75) is 25.8 Å². The van der Waals surface area contributed by atoms with Gasteiger partial charge in [0.25, 0.3) is 5.91 Å². The predicted molar refractivity (Wildman–Crippen MR) is 134 cm³/mol. The van der Waals surface area contributed by atoms with Crippen LogP contribution in [0.3, 0.4) is 0 Å². The van der Waals surface area contributed by atoms with Gasteiger partial charge in [0.15, 0.2) is 11.6 Å². The third-order valence-corrected chi connectivity index (χ3v) is 6.38. The first kappa shape index (κ1) is 23.3. The van der Waals surface area contributed by atoms with Crippen molar-refractivity contribution in [3.63, 3.8) is 0 Å². The maximum atomic E-state index is 14.8. The highest BCUT2D eigenvalue weighted by Crippen LogP contribution is 2.41. The summed E-state index contributed by atoms with van der Waals surface area (Å²) in [6, 6.07) is 20.1. The summed E-state index contributed by atoms with van der Waals surface area (Å²) in [5.41, 5.74) is 4.01. The van der Waals surface area contributed by atoms with E-state index in [9.17, 15) is 14.0 Å². The van der Waals surface area contributed by atoms with Gasteiger partial charge in [-0.1, -0.05) is 42.0 Å². The average Bonchev–Trinajstić information content (AvgIpc) is 3.20. The Kier molecular flexibility index (Phi) is 6.01. The summed E-state index contributed by atoms with van der Waals surface area (Å²) in [7, 11) is 1.39. The van der Waals surface area contributed by atoms with Gasteiger partial charge in [0.2, 0.25) is 5.91 Å². The number of rotatable bonds is 5. The number of halogens is 1. The zero-order valence-electron chi connectivity index (χ0n) is 20.1. The summed E-state index contributed by atoms with van der Waals surface area (Å²) in [5.74, 6) is -1.46. The summed E-state index contributed by atoms with van der Waals surface area (Å²) in [6.07, 6.45) is 0. The highest BCUT2D eigenvalue weighted by Gasteiger charge is 2.42. The number of aryl methyl sites for hydroxylation is 2. The standard InChI is InChI=1S/C28H25FN4O3/c1-16-8-7-9-19(14-16)27(34)30-25-24(18-12-13-22(36-3)21(29)15-18)23-17(2)32-33(26(23)31-28(25)35)20-10-5-4-6-11-20/h4-15,24-25H,1-3H3,(H,30,34)(H,31,35)/t24-,25+/m1/s1. The molecule has 8 heteroatoms. The van der Waals surface area contributed by atoms with Crippen LogP contribution in [0.1, 0.15) is 38.7 Å². The van der Waals surface area contributed by atoms with Crippen molar-refractivity contribution in [1.29, 1.82) is 0 Å². The van der Waals surface area contributed by atoms with Gasteiger partial charge in [-0.15, -0.1) is 0 Å². The Bertz CT molecular complexity index is 1470. The maximum absolute atomic E-state index is 14.8. The molecule has 1 aliphatic heterocycles. The summed E-state index contributed by atoms with van der Waals surface area (Å²) in [6.45, 7) is 3.72. The number of nitrogens with one attached hydrogen (secondary N) is 2. The quantitative estimate of drug-likeness (QED) is 0.436. The predicted octanol–water partition coefficient (Wildman–Crippen LogP) is 4.52. The number of amides is 2. The van der Waals surface area contributed by atoms with Crippen molar-refractivity contribution in [3.8, 4) is 11.4 Å². The van der Waals surface area contributed by atoms with Crippen LogP contribution in [0, 0.1) is 19.7 Å². The molecule has 0 spiro atoms. The van der Waals surface area contributed by atoms with Crippen molar-refractivity contribution in [3.05, 3.63) is 107 Å². The SMILES string of the molecule is COc1ccc([C@@H]2c3c(C)nn(-c4ccccc4)c3NC(=O)[C@H]2NC(=O)c2cccc(C)c2)cc1F. The fourth-order valence-electron chi connectivity index (χ4n) is 4.70. The van der Waals surface area contributed by atoms with Crippen LogP contribution in [0.5, 0.6) is 5.75 Å². The topological polar surface area (TPSA) is 85.2 Å². The van der Waals surface area contributed by atoms with Gasteiger partial charge in [0, 0.05) is 17.0 Å². The number of carbonyl (C=O) groups is 2. The van der Waals surface area contributed by atoms with Gasteiger partial charge in [-0.2, -0.15) is 5.10 Å². The lowest BCUT2D eigenvalue weighted by Gasteiger charge is -2.33. The van der Waals surface area contributed by atoms with E-state index in [1.165, 1.54) is 19.2 Å². The zero-order valence-corrected chi connectivity index (χ0v) is 20.1. The second kappa shape index (κ2) is 9.30. The molecule has 0 saturated carbocycles. The molecule has 0 fully saturated rings. The normalized spacial score (nSPS) is 16.7. The summed E-state index contributed by atoms with van der Waals surface area (Å²) in [5, 5.41) is 10.5. The van der Waals surface area contributed by atoms with E-state index in [4.69, 9.17) is 4.74 Å². The molecule has 5 rings (SSSR count). The number of ether oxygens (including phenoxy) is 1. The number of aromatic nitrogens is 2. The molecule has 182 valence electrons. The number of hydrogen-bond acceptors (Lipinski definition) is 4. The van der Waals surface area contributed by atoms with Crippen molar-refractivity contribution in [2.24, 2.45) is 0 Å². The van der Waals surface area contributed by atoms with E-state index >= 15 is 0 Å². The van der Waals surface area contributed by atoms with Crippen molar-refractivity contribution >= 4 is 17.6 Å². The third-order valence-electron chi connectivity index (χ3n) is 6.38. The van der Waals surface area contributed by atoms with Gasteiger partial charge >= 0.3 is 0 Å². The van der Waals surface area contributed by atoms with E-state index in [1.807, 2.05) is 50.2 Å². The highest BCUT2D eigenvalue weighted by atomic mass is 19.1.